The highest BCUT2D eigenvalue weighted by molar-refractivity contribution is 7.84. The van der Waals surface area contributed by atoms with Crippen LogP contribution in [0.15, 0.2) is 6.07 Å². The molecule has 1 aromatic rings. The van der Waals surface area contributed by atoms with E-state index in [0.717, 1.165) is 6.42 Å². The van der Waals surface area contributed by atoms with Crippen molar-refractivity contribution in [3.8, 4) is 0 Å². The number of rotatable bonds is 8. The van der Waals surface area contributed by atoms with Gasteiger partial charge in [-0.15, -0.1) is 0 Å². The number of nitrogens with two attached hydrogens (primary N) is 1. The maximum Gasteiger partial charge on any atom is 0.158 e. The van der Waals surface area contributed by atoms with Crippen molar-refractivity contribution < 1.29 is 8.95 Å². The van der Waals surface area contributed by atoms with Crippen molar-refractivity contribution in [3.05, 3.63) is 11.9 Å². The summed E-state index contributed by atoms with van der Waals surface area (Å²) >= 11 is 0. The number of methoxy groups -OCH3 is 1. The number of hydrazine groups is 1. The lowest BCUT2D eigenvalue weighted by atomic mass is 10.2. The summed E-state index contributed by atoms with van der Waals surface area (Å²) in [5.41, 5.74) is 2.49. The standard InChI is InChI=1S/C11H21N5O2S/c1-8(4-5-19(3)17)13-9-6-10(16-12)15-11(14-9)7-18-2/h6,8H,4-5,7,12H2,1-3H3,(H2,13,14,15,16). The van der Waals surface area contributed by atoms with Gasteiger partial charge in [0, 0.05) is 42.0 Å². The predicted molar refractivity (Wildman–Crippen MR) is 77.2 cm³/mol. The van der Waals surface area contributed by atoms with E-state index in [1.165, 1.54) is 0 Å². The highest BCUT2D eigenvalue weighted by Crippen LogP contribution is 2.13. The van der Waals surface area contributed by atoms with Crippen molar-refractivity contribution in [3.63, 3.8) is 0 Å². The molecule has 0 aliphatic carbocycles. The van der Waals surface area contributed by atoms with Gasteiger partial charge >= 0.3 is 0 Å². The van der Waals surface area contributed by atoms with E-state index in [1.807, 2.05) is 6.92 Å². The van der Waals surface area contributed by atoms with Crippen molar-refractivity contribution in [2.24, 2.45) is 5.84 Å². The number of nitrogens with one attached hydrogen (secondary N) is 2. The highest BCUT2D eigenvalue weighted by Gasteiger charge is 2.08. The first-order chi connectivity index (χ1) is 9.05. The topological polar surface area (TPSA) is 102 Å². The van der Waals surface area contributed by atoms with Crippen LogP contribution in [-0.4, -0.2) is 39.3 Å². The van der Waals surface area contributed by atoms with Crippen LogP contribution in [-0.2, 0) is 22.1 Å². The molecule has 0 saturated carbocycles. The van der Waals surface area contributed by atoms with Crippen LogP contribution in [0.1, 0.15) is 19.2 Å². The van der Waals surface area contributed by atoms with Gasteiger partial charge in [-0.1, -0.05) is 0 Å². The second kappa shape index (κ2) is 8.03. The third kappa shape index (κ3) is 5.95. The molecule has 0 bridgehead atoms. The lowest BCUT2D eigenvalue weighted by Gasteiger charge is -2.15. The van der Waals surface area contributed by atoms with Crippen LogP contribution in [0.25, 0.3) is 0 Å². The summed E-state index contributed by atoms with van der Waals surface area (Å²) in [5.74, 6) is 7.77. The summed E-state index contributed by atoms with van der Waals surface area (Å²) in [7, 11) is 0.799. The Bertz CT molecular complexity index is 430. The lowest BCUT2D eigenvalue weighted by molar-refractivity contribution is 0.178. The zero-order chi connectivity index (χ0) is 14.3. The van der Waals surface area contributed by atoms with Gasteiger partial charge in [0.1, 0.15) is 18.2 Å². The third-order valence-electron chi connectivity index (χ3n) is 2.43. The van der Waals surface area contributed by atoms with Crippen LogP contribution in [0.5, 0.6) is 0 Å². The number of nitrogen functional groups attached to an aromatic ring is 1. The number of hydrogen-bond donors (Lipinski definition) is 3. The minimum Gasteiger partial charge on any atom is -0.377 e. The molecular formula is C11H21N5O2S. The molecule has 0 fully saturated rings. The summed E-state index contributed by atoms with van der Waals surface area (Å²) in [6.07, 6.45) is 2.50. The van der Waals surface area contributed by atoms with Crippen LogP contribution < -0.4 is 16.6 Å². The Morgan fingerprint density at radius 3 is 2.74 bits per heavy atom. The number of anilines is 2. The molecule has 108 valence electrons. The van der Waals surface area contributed by atoms with Crippen LogP contribution >= 0.6 is 0 Å². The molecule has 8 heteroatoms. The summed E-state index contributed by atoms with van der Waals surface area (Å²) in [4.78, 5) is 8.48. The number of nitrogens with zero attached hydrogens (tertiary/aromatic N) is 2. The molecule has 0 saturated heterocycles. The van der Waals surface area contributed by atoms with Crippen LogP contribution in [0.4, 0.5) is 11.6 Å². The number of hydrogen-bond acceptors (Lipinski definition) is 7. The molecule has 4 N–H and O–H groups in total. The average Bonchev–Trinajstić information content (AvgIpc) is 2.36. The number of ether oxygens (including phenoxy) is 1. The first-order valence-corrected chi connectivity index (χ1v) is 7.68. The van der Waals surface area contributed by atoms with E-state index >= 15 is 0 Å². The summed E-state index contributed by atoms with van der Waals surface area (Å²) in [6, 6.07) is 1.89. The van der Waals surface area contributed by atoms with Crippen LogP contribution in [0, 0.1) is 0 Å². The second-order valence-corrected chi connectivity index (χ2v) is 5.80. The smallest absolute Gasteiger partial charge is 0.158 e. The Balaban J connectivity index is 2.70. The molecule has 19 heavy (non-hydrogen) atoms. The minimum atomic E-state index is -0.783. The van der Waals surface area contributed by atoms with E-state index in [0.29, 0.717) is 29.8 Å². The van der Waals surface area contributed by atoms with Gasteiger partial charge in [-0.05, 0) is 13.3 Å². The van der Waals surface area contributed by atoms with Gasteiger partial charge in [-0.3, -0.25) is 4.21 Å². The minimum absolute atomic E-state index is 0.166. The Morgan fingerprint density at radius 1 is 1.47 bits per heavy atom. The van der Waals surface area contributed by atoms with Crippen LogP contribution in [0.2, 0.25) is 0 Å². The van der Waals surface area contributed by atoms with Gasteiger partial charge in [0.2, 0.25) is 0 Å². The lowest BCUT2D eigenvalue weighted by Crippen LogP contribution is -2.20. The zero-order valence-corrected chi connectivity index (χ0v) is 12.3. The second-order valence-electron chi connectivity index (χ2n) is 4.24. The first-order valence-electron chi connectivity index (χ1n) is 5.95. The summed E-state index contributed by atoms with van der Waals surface area (Å²) in [5, 5.41) is 3.23. The van der Waals surface area contributed by atoms with Crippen LogP contribution in [0.3, 0.4) is 0 Å². The molecule has 2 unspecified atom stereocenters. The molecule has 0 radical (unpaired) electrons. The van der Waals surface area contributed by atoms with Crippen molar-refractivity contribution in [2.45, 2.75) is 26.0 Å². The third-order valence-corrected chi connectivity index (χ3v) is 3.24. The molecule has 0 aromatic carbocycles. The molecule has 1 heterocycles. The highest BCUT2D eigenvalue weighted by atomic mass is 32.2. The van der Waals surface area contributed by atoms with E-state index in [2.05, 4.69) is 20.7 Å². The molecule has 2 atom stereocenters. The Kier molecular flexibility index (Phi) is 6.68. The largest absolute Gasteiger partial charge is 0.377 e. The van der Waals surface area contributed by atoms with E-state index in [1.54, 1.807) is 19.4 Å². The van der Waals surface area contributed by atoms with Gasteiger partial charge in [-0.25, -0.2) is 15.8 Å². The van der Waals surface area contributed by atoms with E-state index in [-0.39, 0.29) is 6.04 Å². The Labute approximate surface area is 115 Å². The molecule has 7 nitrogen and oxygen atoms in total. The average molecular weight is 287 g/mol. The van der Waals surface area contributed by atoms with Gasteiger partial charge < -0.3 is 15.5 Å². The monoisotopic (exact) mass is 287 g/mol. The molecule has 0 amide bonds. The fourth-order valence-corrected chi connectivity index (χ4v) is 2.19. The summed E-state index contributed by atoms with van der Waals surface area (Å²) in [6.45, 7) is 2.33. The van der Waals surface area contributed by atoms with Gasteiger partial charge in [0.05, 0.1) is 0 Å². The molecule has 1 aromatic heterocycles. The predicted octanol–water partition coefficient (Wildman–Crippen LogP) is 0.478. The SMILES string of the molecule is COCc1nc(NN)cc(NC(C)CCS(C)=O)n1. The van der Waals surface area contributed by atoms with E-state index in [4.69, 9.17) is 10.6 Å². The van der Waals surface area contributed by atoms with Crippen molar-refractivity contribution in [2.75, 3.05) is 29.9 Å². The van der Waals surface area contributed by atoms with Crippen molar-refractivity contribution in [1.82, 2.24) is 9.97 Å². The quantitative estimate of drug-likeness (QED) is 0.472. The van der Waals surface area contributed by atoms with Crippen molar-refractivity contribution in [1.29, 1.82) is 0 Å². The number of aromatic nitrogens is 2. The van der Waals surface area contributed by atoms with Crippen molar-refractivity contribution >= 4 is 22.4 Å². The maximum absolute atomic E-state index is 11.1. The van der Waals surface area contributed by atoms with Gasteiger partial charge in [0.15, 0.2) is 5.82 Å². The fraction of sp³-hybridized carbons (Fsp3) is 0.636. The Morgan fingerprint density at radius 2 is 2.16 bits per heavy atom. The Hall–Kier alpha value is -1.25. The van der Waals surface area contributed by atoms with E-state index in [9.17, 15) is 4.21 Å². The summed E-state index contributed by atoms with van der Waals surface area (Å²) < 4.78 is 16.1. The molecular weight excluding hydrogens is 266 g/mol. The zero-order valence-electron chi connectivity index (χ0n) is 11.5. The normalized spacial score (nSPS) is 13.9. The molecule has 0 aliphatic rings. The van der Waals surface area contributed by atoms with E-state index < -0.39 is 10.8 Å². The van der Waals surface area contributed by atoms with Gasteiger partial charge in [-0.2, -0.15) is 0 Å². The fourth-order valence-electron chi connectivity index (χ4n) is 1.51. The maximum atomic E-state index is 11.1. The van der Waals surface area contributed by atoms with Gasteiger partial charge in [0.25, 0.3) is 0 Å². The first kappa shape index (κ1) is 15.8. The molecule has 0 spiro atoms. The molecule has 0 aliphatic heterocycles. The molecule has 1 rings (SSSR count).